The van der Waals surface area contributed by atoms with Crippen molar-refractivity contribution < 1.29 is 22.7 Å². The number of hydrogen-bond donors (Lipinski definition) is 1. The van der Waals surface area contributed by atoms with E-state index in [0.717, 1.165) is 10.5 Å². The molecule has 1 N–H and O–H groups in total. The normalized spacial score (nSPS) is 17.4. The number of alkyl halides is 3. The molecular formula is C18H18F3N3O2. The van der Waals surface area contributed by atoms with Gasteiger partial charge in [0, 0.05) is 36.3 Å². The number of nitrogens with one attached hydrogen (secondary N) is 1. The summed E-state index contributed by atoms with van der Waals surface area (Å²) in [6.45, 7) is -0.773. The van der Waals surface area contributed by atoms with Crippen molar-refractivity contribution in [2.24, 2.45) is 0 Å². The maximum Gasteiger partial charge on any atom is 0.406 e. The molecule has 2 aromatic rings. The molecule has 1 aliphatic heterocycles. The van der Waals surface area contributed by atoms with Gasteiger partial charge in [-0.3, -0.25) is 9.78 Å². The quantitative estimate of drug-likeness (QED) is 0.854. The lowest BCUT2D eigenvalue weighted by molar-refractivity contribution is -0.157. The van der Waals surface area contributed by atoms with Crippen molar-refractivity contribution in [1.29, 1.82) is 0 Å². The topological polar surface area (TPSA) is 54.5 Å². The fourth-order valence-corrected chi connectivity index (χ4v) is 2.77. The summed E-state index contributed by atoms with van der Waals surface area (Å²) in [7, 11) is 0. The molecule has 1 amide bonds. The summed E-state index contributed by atoms with van der Waals surface area (Å²) < 4.78 is 43.1. The molecule has 1 saturated heterocycles. The number of carbonyl (C=O) groups excluding carboxylic acids is 1. The Morgan fingerprint density at radius 3 is 2.85 bits per heavy atom. The molecule has 26 heavy (non-hydrogen) atoms. The van der Waals surface area contributed by atoms with Crippen molar-refractivity contribution in [1.82, 2.24) is 9.88 Å². The third-order valence-corrected chi connectivity index (χ3v) is 3.97. The molecule has 1 aliphatic rings. The molecule has 1 atom stereocenters. The van der Waals surface area contributed by atoms with Crippen LogP contribution >= 0.6 is 0 Å². The van der Waals surface area contributed by atoms with E-state index in [2.05, 4.69) is 10.3 Å². The molecule has 0 saturated carbocycles. The van der Waals surface area contributed by atoms with Crippen LogP contribution < -0.4 is 10.1 Å². The summed E-state index contributed by atoms with van der Waals surface area (Å²) in [4.78, 5) is 17.0. The number of amides is 1. The van der Waals surface area contributed by atoms with E-state index in [1.807, 2.05) is 12.1 Å². The number of ether oxygens (including phenoxy) is 1. The van der Waals surface area contributed by atoms with Crippen molar-refractivity contribution in [2.75, 3.05) is 18.4 Å². The van der Waals surface area contributed by atoms with Crippen molar-refractivity contribution in [3.05, 3.63) is 54.4 Å². The van der Waals surface area contributed by atoms with Crippen LogP contribution in [0.3, 0.4) is 0 Å². The van der Waals surface area contributed by atoms with E-state index in [1.165, 1.54) is 0 Å². The maximum atomic E-state index is 12.5. The Hall–Kier alpha value is -2.77. The van der Waals surface area contributed by atoms with Gasteiger partial charge in [-0.05, 0) is 24.6 Å². The number of hydrogen-bond acceptors (Lipinski definition) is 4. The van der Waals surface area contributed by atoms with E-state index in [9.17, 15) is 18.0 Å². The number of aromatic nitrogens is 1. The number of rotatable bonds is 6. The second-order valence-corrected chi connectivity index (χ2v) is 6.04. The van der Waals surface area contributed by atoms with Gasteiger partial charge in [-0.2, -0.15) is 13.2 Å². The minimum absolute atomic E-state index is 0.0905. The maximum absolute atomic E-state index is 12.5. The Labute approximate surface area is 148 Å². The van der Waals surface area contributed by atoms with Crippen LogP contribution in [0.4, 0.5) is 18.9 Å². The van der Waals surface area contributed by atoms with E-state index >= 15 is 0 Å². The third kappa shape index (κ3) is 4.87. The van der Waals surface area contributed by atoms with Gasteiger partial charge >= 0.3 is 6.18 Å². The van der Waals surface area contributed by atoms with Gasteiger partial charge in [0.2, 0.25) is 5.91 Å². The molecule has 138 valence electrons. The number of pyridine rings is 1. The Morgan fingerprint density at radius 1 is 1.27 bits per heavy atom. The average Bonchev–Trinajstić information content (AvgIpc) is 2.93. The van der Waals surface area contributed by atoms with E-state index in [4.69, 9.17) is 4.74 Å². The van der Waals surface area contributed by atoms with Gasteiger partial charge in [-0.25, -0.2) is 0 Å². The van der Waals surface area contributed by atoms with Crippen LogP contribution in [-0.4, -0.2) is 41.1 Å². The minimum atomic E-state index is -4.38. The standard InChI is InChI=1S/C18H18F3N3O2/c19-18(20,21)12-24-8-6-16(17(24)25)23-14-4-1-5-15(9-14)26-11-13-3-2-7-22-10-13/h1-5,7,9-10,16,23H,6,8,11-12H2. The second-order valence-electron chi connectivity index (χ2n) is 6.04. The lowest BCUT2D eigenvalue weighted by Gasteiger charge is -2.19. The molecule has 0 aliphatic carbocycles. The van der Waals surface area contributed by atoms with Crippen molar-refractivity contribution >= 4 is 11.6 Å². The van der Waals surface area contributed by atoms with Crippen molar-refractivity contribution in [3.8, 4) is 5.75 Å². The van der Waals surface area contributed by atoms with Crippen molar-refractivity contribution in [2.45, 2.75) is 25.2 Å². The summed E-state index contributed by atoms with van der Waals surface area (Å²) in [5.41, 5.74) is 1.54. The average molecular weight is 365 g/mol. The SMILES string of the molecule is O=C1C(Nc2cccc(OCc3cccnc3)c2)CCN1CC(F)(F)F. The molecule has 1 fully saturated rings. The minimum Gasteiger partial charge on any atom is -0.489 e. The number of anilines is 1. The Balaban J connectivity index is 1.58. The van der Waals surface area contributed by atoms with Gasteiger partial charge in [0.05, 0.1) is 0 Å². The summed E-state index contributed by atoms with van der Waals surface area (Å²) in [5.74, 6) is 0.0560. The van der Waals surface area contributed by atoms with E-state index in [1.54, 1.807) is 36.7 Å². The van der Waals surface area contributed by atoms with Gasteiger partial charge in [0.15, 0.2) is 0 Å². The molecule has 1 aromatic heterocycles. The largest absolute Gasteiger partial charge is 0.489 e. The molecule has 0 spiro atoms. The van der Waals surface area contributed by atoms with E-state index < -0.39 is 24.7 Å². The van der Waals surface area contributed by atoms with Crippen LogP contribution in [0, 0.1) is 0 Å². The van der Waals surface area contributed by atoms with Gasteiger partial charge < -0.3 is 15.0 Å². The zero-order chi connectivity index (χ0) is 18.6. The number of benzene rings is 1. The molecule has 1 aromatic carbocycles. The van der Waals surface area contributed by atoms with Gasteiger partial charge in [-0.15, -0.1) is 0 Å². The highest BCUT2D eigenvalue weighted by molar-refractivity contribution is 5.86. The highest BCUT2D eigenvalue weighted by Gasteiger charge is 2.39. The number of halogens is 3. The summed E-state index contributed by atoms with van der Waals surface area (Å²) in [6, 6.07) is 10.0. The summed E-state index contributed by atoms with van der Waals surface area (Å²) in [6.07, 6.45) is -0.677. The summed E-state index contributed by atoms with van der Waals surface area (Å²) >= 11 is 0. The first-order valence-corrected chi connectivity index (χ1v) is 8.14. The van der Waals surface area contributed by atoms with Crippen LogP contribution in [0.5, 0.6) is 5.75 Å². The smallest absolute Gasteiger partial charge is 0.406 e. The van der Waals surface area contributed by atoms with Crippen LogP contribution in [0.2, 0.25) is 0 Å². The van der Waals surface area contributed by atoms with Crippen LogP contribution in [-0.2, 0) is 11.4 Å². The lowest BCUT2D eigenvalue weighted by atomic mass is 10.2. The van der Waals surface area contributed by atoms with Gasteiger partial charge in [-0.1, -0.05) is 12.1 Å². The predicted molar refractivity (Wildman–Crippen MR) is 89.7 cm³/mol. The monoisotopic (exact) mass is 365 g/mol. The first-order valence-electron chi connectivity index (χ1n) is 8.14. The highest BCUT2D eigenvalue weighted by Crippen LogP contribution is 2.24. The fraction of sp³-hybridized carbons (Fsp3) is 0.333. The Kier molecular flexibility index (Phi) is 5.29. The molecule has 3 rings (SSSR count). The van der Waals surface area contributed by atoms with E-state index in [0.29, 0.717) is 24.5 Å². The first-order chi connectivity index (χ1) is 12.4. The molecule has 2 heterocycles. The predicted octanol–water partition coefficient (Wildman–Crippen LogP) is 3.24. The lowest BCUT2D eigenvalue weighted by Crippen LogP contribution is -2.39. The van der Waals surface area contributed by atoms with Gasteiger partial charge in [0.1, 0.15) is 24.9 Å². The zero-order valence-corrected chi connectivity index (χ0v) is 13.9. The zero-order valence-electron chi connectivity index (χ0n) is 13.9. The van der Waals surface area contributed by atoms with E-state index in [-0.39, 0.29) is 6.54 Å². The van der Waals surface area contributed by atoms with Gasteiger partial charge in [0.25, 0.3) is 0 Å². The Bertz CT molecular complexity index is 753. The molecule has 1 unspecified atom stereocenters. The summed E-state index contributed by atoms with van der Waals surface area (Å²) in [5, 5.41) is 2.99. The number of nitrogens with zero attached hydrogens (tertiary/aromatic N) is 2. The molecule has 0 radical (unpaired) electrons. The highest BCUT2D eigenvalue weighted by atomic mass is 19.4. The number of carbonyl (C=O) groups is 1. The van der Waals surface area contributed by atoms with Crippen LogP contribution in [0.1, 0.15) is 12.0 Å². The molecular weight excluding hydrogens is 347 g/mol. The van der Waals surface area contributed by atoms with Crippen LogP contribution in [0.15, 0.2) is 48.8 Å². The fourth-order valence-electron chi connectivity index (χ4n) is 2.77. The molecule has 8 heteroatoms. The third-order valence-electron chi connectivity index (χ3n) is 3.97. The Morgan fingerprint density at radius 2 is 2.12 bits per heavy atom. The second kappa shape index (κ2) is 7.63. The molecule has 5 nitrogen and oxygen atoms in total. The number of likely N-dealkylation sites (tertiary alicyclic amines) is 1. The first kappa shape index (κ1) is 18.0. The van der Waals surface area contributed by atoms with Crippen molar-refractivity contribution in [3.63, 3.8) is 0 Å². The molecule has 0 bridgehead atoms. The van der Waals surface area contributed by atoms with Crippen LogP contribution in [0.25, 0.3) is 0 Å².